The molecule has 0 spiro atoms. The van der Waals surface area contributed by atoms with Crippen LogP contribution in [0, 0.1) is 17.8 Å². The lowest BCUT2D eigenvalue weighted by Crippen LogP contribution is -2.13. The molecule has 1 aliphatic carbocycles. The second kappa shape index (κ2) is 7.66. The summed E-state index contributed by atoms with van der Waals surface area (Å²) in [7, 11) is 0. The van der Waals surface area contributed by atoms with Gasteiger partial charge in [0, 0.05) is 18.2 Å². The number of pyridine rings is 1. The molecule has 4 heteroatoms. The van der Waals surface area contributed by atoms with E-state index in [9.17, 15) is 4.79 Å². The molecule has 0 aliphatic heterocycles. The number of carbonyl (C=O) groups excluding carboxylic acids is 1. The molecule has 1 aromatic heterocycles. The number of aromatic nitrogens is 1. The van der Waals surface area contributed by atoms with Gasteiger partial charge in [0.05, 0.1) is 0 Å². The molecule has 4 nitrogen and oxygen atoms in total. The normalized spacial score (nSPS) is 14.7. The van der Waals surface area contributed by atoms with Crippen molar-refractivity contribution in [1.82, 2.24) is 4.98 Å². The molecule has 1 amide bonds. The maximum absolute atomic E-state index is 11.9. The summed E-state index contributed by atoms with van der Waals surface area (Å²) >= 11 is 0. The van der Waals surface area contributed by atoms with Crippen molar-refractivity contribution in [3.8, 4) is 11.8 Å². The van der Waals surface area contributed by atoms with Crippen molar-refractivity contribution in [3.05, 3.63) is 23.9 Å². The third-order valence-electron chi connectivity index (χ3n) is 3.59. The molecule has 2 N–H and O–H groups in total. The fraction of sp³-hybridized carbons (Fsp3) is 0.500. The third-order valence-corrected chi connectivity index (χ3v) is 3.59. The van der Waals surface area contributed by atoms with E-state index in [-0.39, 0.29) is 12.5 Å². The maximum Gasteiger partial charge on any atom is 0.225 e. The lowest BCUT2D eigenvalue weighted by atomic mass is 10.0. The molecule has 1 fully saturated rings. The molecule has 0 aromatic carbocycles. The van der Waals surface area contributed by atoms with Crippen LogP contribution in [-0.4, -0.2) is 22.6 Å². The molecule has 0 bridgehead atoms. The van der Waals surface area contributed by atoms with Gasteiger partial charge >= 0.3 is 0 Å². The van der Waals surface area contributed by atoms with Crippen molar-refractivity contribution in [3.63, 3.8) is 0 Å². The average molecular weight is 272 g/mol. The van der Waals surface area contributed by atoms with Crippen LogP contribution in [0.1, 0.15) is 44.1 Å². The Bertz CT molecular complexity index is 511. The molecular weight excluding hydrogens is 252 g/mol. The van der Waals surface area contributed by atoms with E-state index in [1.807, 2.05) is 0 Å². The first kappa shape index (κ1) is 14.5. The van der Waals surface area contributed by atoms with Crippen molar-refractivity contribution < 1.29 is 9.90 Å². The first-order chi connectivity index (χ1) is 9.78. The second-order valence-corrected chi connectivity index (χ2v) is 5.13. The summed E-state index contributed by atoms with van der Waals surface area (Å²) in [6.07, 6.45) is 8.26. The SMILES string of the molecule is O=C(CCC1CCCC1)Nc1cc(C#CCO)ccn1. The molecule has 0 unspecified atom stereocenters. The van der Waals surface area contributed by atoms with Crippen molar-refractivity contribution >= 4 is 11.7 Å². The minimum Gasteiger partial charge on any atom is -0.384 e. The summed E-state index contributed by atoms with van der Waals surface area (Å²) in [6.45, 7) is -0.175. The van der Waals surface area contributed by atoms with Gasteiger partial charge in [-0.15, -0.1) is 0 Å². The second-order valence-electron chi connectivity index (χ2n) is 5.13. The Labute approximate surface area is 119 Å². The van der Waals surface area contributed by atoms with Gasteiger partial charge in [-0.2, -0.15) is 0 Å². The summed E-state index contributed by atoms with van der Waals surface area (Å²) in [5.41, 5.74) is 0.736. The van der Waals surface area contributed by atoms with E-state index < -0.39 is 0 Å². The standard InChI is InChI=1S/C16H20N2O2/c19-11-3-6-14-9-10-17-15(12-14)18-16(20)8-7-13-4-1-2-5-13/h9-10,12-13,19H,1-2,4-5,7-8,11H2,(H,17,18,20). The van der Waals surface area contributed by atoms with Crippen molar-refractivity contribution in [2.45, 2.75) is 38.5 Å². The molecule has 20 heavy (non-hydrogen) atoms. The number of aliphatic hydroxyl groups is 1. The highest BCUT2D eigenvalue weighted by Crippen LogP contribution is 2.28. The van der Waals surface area contributed by atoms with Gasteiger partial charge < -0.3 is 10.4 Å². The smallest absolute Gasteiger partial charge is 0.225 e. The van der Waals surface area contributed by atoms with E-state index in [1.165, 1.54) is 25.7 Å². The Morgan fingerprint density at radius 3 is 3.00 bits per heavy atom. The zero-order chi connectivity index (χ0) is 14.2. The van der Waals surface area contributed by atoms with Crippen LogP contribution in [0.15, 0.2) is 18.3 Å². The summed E-state index contributed by atoms with van der Waals surface area (Å²) < 4.78 is 0. The van der Waals surface area contributed by atoms with Crippen molar-refractivity contribution in [2.75, 3.05) is 11.9 Å². The van der Waals surface area contributed by atoms with Crippen LogP contribution in [-0.2, 0) is 4.79 Å². The number of nitrogens with zero attached hydrogens (tertiary/aromatic N) is 1. The number of hydrogen-bond acceptors (Lipinski definition) is 3. The molecule has 1 aliphatic rings. The number of hydrogen-bond donors (Lipinski definition) is 2. The third kappa shape index (κ3) is 4.67. The monoisotopic (exact) mass is 272 g/mol. The number of amides is 1. The van der Waals surface area contributed by atoms with E-state index in [4.69, 9.17) is 5.11 Å². The zero-order valence-electron chi connectivity index (χ0n) is 11.6. The van der Waals surface area contributed by atoms with E-state index in [1.54, 1.807) is 18.3 Å². The lowest BCUT2D eigenvalue weighted by Gasteiger charge is -2.08. The van der Waals surface area contributed by atoms with Crippen LogP contribution < -0.4 is 5.32 Å². The summed E-state index contributed by atoms with van der Waals surface area (Å²) in [5.74, 6) is 6.61. The van der Waals surface area contributed by atoms with Gasteiger partial charge in [0.15, 0.2) is 0 Å². The Kier molecular flexibility index (Phi) is 5.57. The van der Waals surface area contributed by atoms with Crippen molar-refractivity contribution in [2.24, 2.45) is 5.92 Å². The highest BCUT2D eigenvalue weighted by molar-refractivity contribution is 5.89. The Hall–Kier alpha value is -1.86. The molecule has 106 valence electrons. The van der Waals surface area contributed by atoms with E-state index in [0.717, 1.165) is 17.9 Å². The molecule has 1 aromatic rings. The number of rotatable bonds is 4. The van der Waals surface area contributed by atoms with Gasteiger partial charge in [0.25, 0.3) is 0 Å². The molecule has 0 atom stereocenters. The highest BCUT2D eigenvalue weighted by atomic mass is 16.2. The van der Waals surface area contributed by atoms with E-state index in [0.29, 0.717) is 12.2 Å². The summed E-state index contributed by atoms with van der Waals surface area (Å²) in [5, 5.41) is 11.5. The topological polar surface area (TPSA) is 62.2 Å². The van der Waals surface area contributed by atoms with Crippen LogP contribution in [0.25, 0.3) is 0 Å². The minimum absolute atomic E-state index is 0.0108. The van der Waals surface area contributed by atoms with E-state index >= 15 is 0 Å². The summed E-state index contributed by atoms with van der Waals surface area (Å²) in [4.78, 5) is 16.0. The lowest BCUT2D eigenvalue weighted by molar-refractivity contribution is -0.116. The largest absolute Gasteiger partial charge is 0.384 e. The molecule has 0 radical (unpaired) electrons. The fourth-order valence-electron chi connectivity index (χ4n) is 2.56. The van der Waals surface area contributed by atoms with Gasteiger partial charge in [-0.1, -0.05) is 37.5 Å². The van der Waals surface area contributed by atoms with Gasteiger partial charge in [-0.05, 0) is 24.5 Å². The Morgan fingerprint density at radius 1 is 1.45 bits per heavy atom. The summed E-state index contributed by atoms with van der Waals surface area (Å²) in [6, 6.07) is 3.47. The number of nitrogens with one attached hydrogen (secondary N) is 1. The fourth-order valence-corrected chi connectivity index (χ4v) is 2.56. The highest BCUT2D eigenvalue weighted by Gasteiger charge is 2.16. The maximum atomic E-state index is 11.9. The number of anilines is 1. The molecule has 1 heterocycles. The van der Waals surface area contributed by atoms with Crippen LogP contribution >= 0.6 is 0 Å². The van der Waals surface area contributed by atoms with Crippen LogP contribution in [0.4, 0.5) is 5.82 Å². The van der Waals surface area contributed by atoms with Crippen molar-refractivity contribution in [1.29, 1.82) is 0 Å². The zero-order valence-corrected chi connectivity index (χ0v) is 11.6. The van der Waals surface area contributed by atoms with Crippen LogP contribution in [0.2, 0.25) is 0 Å². The number of aliphatic hydroxyl groups excluding tert-OH is 1. The minimum atomic E-state index is -0.175. The molecule has 1 saturated carbocycles. The first-order valence-corrected chi connectivity index (χ1v) is 7.13. The first-order valence-electron chi connectivity index (χ1n) is 7.13. The number of carbonyl (C=O) groups is 1. The Morgan fingerprint density at radius 2 is 2.25 bits per heavy atom. The van der Waals surface area contributed by atoms with Gasteiger partial charge in [-0.25, -0.2) is 4.98 Å². The van der Waals surface area contributed by atoms with Crippen LogP contribution in [0.5, 0.6) is 0 Å². The Balaban J connectivity index is 1.83. The predicted octanol–water partition coefficient (Wildman–Crippen LogP) is 2.33. The van der Waals surface area contributed by atoms with Gasteiger partial charge in [0.1, 0.15) is 12.4 Å². The molecular formula is C16H20N2O2. The van der Waals surface area contributed by atoms with Gasteiger partial charge in [0.2, 0.25) is 5.91 Å². The van der Waals surface area contributed by atoms with E-state index in [2.05, 4.69) is 22.1 Å². The van der Waals surface area contributed by atoms with Crippen LogP contribution in [0.3, 0.4) is 0 Å². The predicted molar refractivity (Wildman–Crippen MR) is 78.0 cm³/mol. The molecule has 2 rings (SSSR count). The quantitative estimate of drug-likeness (QED) is 0.827. The molecule has 0 saturated heterocycles. The average Bonchev–Trinajstić information content (AvgIpc) is 2.97. The van der Waals surface area contributed by atoms with Gasteiger partial charge in [-0.3, -0.25) is 4.79 Å².